The highest BCUT2D eigenvalue weighted by molar-refractivity contribution is 5.94. The number of benzene rings is 1. The van der Waals surface area contributed by atoms with Crippen LogP contribution in [0, 0.1) is 20.8 Å². The van der Waals surface area contributed by atoms with Crippen LogP contribution in [0.2, 0.25) is 0 Å². The second-order valence-corrected chi connectivity index (χ2v) is 8.34. The van der Waals surface area contributed by atoms with E-state index in [0.29, 0.717) is 22.7 Å². The second-order valence-electron chi connectivity index (χ2n) is 8.34. The Hall–Kier alpha value is -4.33. The first-order valence-electron chi connectivity index (χ1n) is 10.9. The lowest BCUT2D eigenvalue weighted by molar-refractivity contribution is 0.0696. The summed E-state index contributed by atoms with van der Waals surface area (Å²) in [6.45, 7) is 7.60. The molecule has 0 aliphatic carbocycles. The minimum Gasteiger partial charge on any atom is -0.478 e. The van der Waals surface area contributed by atoms with Crippen LogP contribution in [-0.4, -0.2) is 35.8 Å². The Kier molecular flexibility index (Phi) is 5.20. The molecule has 0 radical (unpaired) electrons. The second kappa shape index (κ2) is 8.22. The van der Waals surface area contributed by atoms with E-state index in [-0.39, 0.29) is 11.6 Å². The highest BCUT2D eigenvalue weighted by atomic mass is 16.5. The summed E-state index contributed by atoms with van der Waals surface area (Å²) in [5, 5.41) is 13.5. The van der Waals surface area contributed by atoms with Crippen molar-refractivity contribution in [1.82, 2.24) is 24.7 Å². The molecular formula is C26H23N5O3. The Morgan fingerprint density at radius 2 is 1.94 bits per heavy atom. The summed E-state index contributed by atoms with van der Waals surface area (Å²) < 4.78 is 7.40. The molecule has 0 spiro atoms. The van der Waals surface area contributed by atoms with Crippen LogP contribution in [0.4, 0.5) is 0 Å². The van der Waals surface area contributed by atoms with Crippen molar-refractivity contribution in [2.75, 3.05) is 0 Å². The van der Waals surface area contributed by atoms with Crippen molar-refractivity contribution >= 4 is 17.1 Å². The molecule has 5 aromatic rings. The third-order valence-corrected chi connectivity index (χ3v) is 6.11. The van der Waals surface area contributed by atoms with Gasteiger partial charge in [0.15, 0.2) is 5.65 Å². The summed E-state index contributed by atoms with van der Waals surface area (Å²) >= 11 is 0. The average molecular weight is 454 g/mol. The van der Waals surface area contributed by atoms with E-state index in [9.17, 15) is 9.90 Å². The summed E-state index contributed by atoms with van der Waals surface area (Å²) in [7, 11) is 0. The lowest BCUT2D eigenvalue weighted by Crippen LogP contribution is -2.08. The van der Waals surface area contributed by atoms with E-state index < -0.39 is 5.97 Å². The lowest BCUT2D eigenvalue weighted by Gasteiger charge is -2.14. The number of nitrogens with zero attached hydrogens (tertiary/aromatic N) is 5. The molecule has 0 aliphatic heterocycles. The number of hydrogen-bond donors (Lipinski definition) is 1. The highest BCUT2D eigenvalue weighted by Gasteiger charge is 2.22. The van der Waals surface area contributed by atoms with E-state index in [1.54, 1.807) is 25.4 Å². The summed E-state index contributed by atoms with van der Waals surface area (Å²) in [6, 6.07) is 11.0. The standard InChI is InChI=1S/C26H23N5O3/c1-14-11-18(8-9-19(14)26(32)33)20-13-31(16(3)21-7-5-6-10-27-21)25-24(20)28-12-22(29-25)23-15(2)30-34-17(23)4/h5-13,16H,1-4H3,(H,32,33)/t16-/m0/s1. The van der Waals surface area contributed by atoms with Crippen LogP contribution in [0.15, 0.2) is 59.5 Å². The minimum absolute atomic E-state index is 0.106. The normalized spacial score (nSPS) is 12.2. The number of rotatable bonds is 5. The Bertz CT molecular complexity index is 1520. The molecule has 170 valence electrons. The predicted molar refractivity (Wildman–Crippen MR) is 128 cm³/mol. The molecule has 0 unspecified atom stereocenters. The third kappa shape index (κ3) is 3.53. The van der Waals surface area contributed by atoms with E-state index in [0.717, 1.165) is 33.6 Å². The van der Waals surface area contributed by atoms with E-state index in [1.165, 1.54) is 0 Å². The molecule has 8 heteroatoms. The van der Waals surface area contributed by atoms with Gasteiger partial charge in [0.05, 0.1) is 40.4 Å². The largest absolute Gasteiger partial charge is 0.478 e. The molecule has 4 heterocycles. The van der Waals surface area contributed by atoms with Gasteiger partial charge < -0.3 is 14.2 Å². The van der Waals surface area contributed by atoms with Crippen LogP contribution < -0.4 is 0 Å². The maximum Gasteiger partial charge on any atom is 0.335 e. The quantitative estimate of drug-likeness (QED) is 0.381. The summed E-state index contributed by atoms with van der Waals surface area (Å²) in [5.74, 6) is -0.263. The molecule has 1 atom stereocenters. The minimum atomic E-state index is -0.945. The predicted octanol–water partition coefficient (Wildman–Crippen LogP) is 5.38. The monoisotopic (exact) mass is 453 g/mol. The van der Waals surface area contributed by atoms with Crippen molar-refractivity contribution < 1.29 is 14.4 Å². The maximum atomic E-state index is 11.5. The number of carboxylic acid groups (broad SMARTS) is 1. The lowest BCUT2D eigenvalue weighted by atomic mass is 10.0. The molecule has 0 amide bonds. The van der Waals surface area contributed by atoms with Gasteiger partial charge >= 0.3 is 5.97 Å². The molecule has 0 saturated heterocycles. The number of aromatic nitrogens is 5. The summed E-state index contributed by atoms with van der Waals surface area (Å²) in [4.78, 5) is 25.8. The van der Waals surface area contributed by atoms with Crippen molar-refractivity contribution in [2.24, 2.45) is 0 Å². The van der Waals surface area contributed by atoms with E-state index in [4.69, 9.17) is 14.5 Å². The van der Waals surface area contributed by atoms with Gasteiger partial charge in [0.25, 0.3) is 0 Å². The first kappa shape index (κ1) is 21.5. The topological polar surface area (TPSA) is 107 Å². The highest BCUT2D eigenvalue weighted by Crippen LogP contribution is 2.35. The molecular weight excluding hydrogens is 430 g/mol. The van der Waals surface area contributed by atoms with Crippen LogP contribution in [0.3, 0.4) is 0 Å². The van der Waals surface area contributed by atoms with Crippen molar-refractivity contribution in [3.63, 3.8) is 0 Å². The van der Waals surface area contributed by atoms with Crippen LogP contribution in [0.25, 0.3) is 33.5 Å². The number of carbonyl (C=O) groups is 1. The van der Waals surface area contributed by atoms with Crippen LogP contribution in [0.5, 0.6) is 0 Å². The Morgan fingerprint density at radius 1 is 1.12 bits per heavy atom. The van der Waals surface area contributed by atoms with Crippen LogP contribution >= 0.6 is 0 Å². The number of hydrogen-bond acceptors (Lipinski definition) is 6. The van der Waals surface area contributed by atoms with E-state index in [2.05, 4.69) is 21.6 Å². The molecule has 0 fully saturated rings. The fourth-order valence-electron chi connectivity index (χ4n) is 4.32. The molecule has 0 aliphatic rings. The van der Waals surface area contributed by atoms with Gasteiger partial charge in [0.2, 0.25) is 0 Å². The zero-order valence-electron chi connectivity index (χ0n) is 19.3. The third-order valence-electron chi connectivity index (χ3n) is 6.11. The maximum absolute atomic E-state index is 11.5. The first-order valence-corrected chi connectivity index (χ1v) is 10.9. The molecule has 4 aromatic heterocycles. The molecule has 1 aromatic carbocycles. The van der Waals surface area contributed by atoms with Gasteiger partial charge in [-0.15, -0.1) is 0 Å². The van der Waals surface area contributed by atoms with Gasteiger partial charge in [0, 0.05) is 18.0 Å². The number of aryl methyl sites for hydroxylation is 3. The van der Waals surface area contributed by atoms with E-state index in [1.807, 2.05) is 50.4 Å². The van der Waals surface area contributed by atoms with Crippen molar-refractivity contribution in [1.29, 1.82) is 0 Å². The van der Waals surface area contributed by atoms with Crippen LogP contribution in [-0.2, 0) is 0 Å². The van der Waals surface area contributed by atoms with Crippen LogP contribution in [0.1, 0.15) is 46.0 Å². The van der Waals surface area contributed by atoms with Crippen molar-refractivity contribution in [3.05, 3.63) is 83.3 Å². The van der Waals surface area contributed by atoms with E-state index >= 15 is 0 Å². The Balaban J connectivity index is 1.74. The van der Waals surface area contributed by atoms with Crippen molar-refractivity contribution in [3.8, 4) is 22.4 Å². The fraction of sp³-hybridized carbons (Fsp3) is 0.192. The first-order chi connectivity index (χ1) is 16.3. The fourth-order valence-corrected chi connectivity index (χ4v) is 4.32. The molecule has 1 N–H and O–H groups in total. The number of fused-ring (bicyclic) bond motifs is 1. The molecule has 5 rings (SSSR count). The number of pyridine rings is 1. The molecule has 0 saturated carbocycles. The zero-order valence-corrected chi connectivity index (χ0v) is 19.3. The number of aromatic carboxylic acids is 1. The van der Waals surface area contributed by atoms with Gasteiger partial charge in [-0.3, -0.25) is 4.98 Å². The van der Waals surface area contributed by atoms with Gasteiger partial charge in [-0.25, -0.2) is 14.8 Å². The Morgan fingerprint density at radius 3 is 2.59 bits per heavy atom. The zero-order chi connectivity index (χ0) is 24.0. The Labute approximate surface area is 195 Å². The molecule has 8 nitrogen and oxygen atoms in total. The SMILES string of the molecule is Cc1cc(-c2cn([C@@H](C)c3ccccn3)c3nc(-c4c(C)noc4C)cnc23)ccc1C(=O)O. The average Bonchev–Trinajstić information content (AvgIpc) is 3.38. The van der Waals surface area contributed by atoms with Gasteiger partial charge in [0.1, 0.15) is 11.3 Å². The van der Waals surface area contributed by atoms with Crippen molar-refractivity contribution in [2.45, 2.75) is 33.7 Å². The number of carboxylic acids is 1. The molecule has 34 heavy (non-hydrogen) atoms. The van der Waals surface area contributed by atoms with Gasteiger partial charge in [-0.2, -0.15) is 0 Å². The smallest absolute Gasteiger partial charge is 0.335 e. The van der Waals surface area contributed by atoms with Gasteiger partial charge in [-0.1, -0.05) is 23.4 Å². The summed E-state index contributed by atoms with van der Waals surface area (Å²) in [6.07, 6.45) is 5.51. The molecule has 0 bridgehead atoms. The summed E-state index contributed by atoms with van der Waals surface area (Å²) in [5.41, 5.74) is 7.29. The van der Waals surface area contributed by atoms with Gasteiger partial charge in [-0.05, 0) is 57.0 Å².